The molecular formula is C24H31NO3. The number of hydrogen-bond acceptors (Lipinski definition) is 4. The van der Waals surface area contributed by atoms with Gasteiger partial charge in [0, 0.05) is 30.3 Å². The van der Waals surface area contributed by atoms with Crippen molar-refractivity contribution in [1.29, 1.82) is 0 Å². The Hall–Kier alpha value is -2.59. The summed E-state index contributed by atoms with van der Waals surface area (Å²) in [5.74, 6) is 0.615. The highest BCUT2D eigenvalue weighted by Crippen LogP contribution is 2.25. The molecule has 0 fully saturated rings. The fraction of sp³-hybridized carbons (Fsp3) is 0.375. The van der Waals surface area contributed by atoms with Crippen LogP contribution in [-0.2, 0) is 4.74 Å². The minimum atomic E-state index is -0.326. The largest absolute Gasteiger partial charge is 0.487 e. The number of carbonyl (C=O) groups is 1. The van der Waals surface area contributed by atoms with Gasteiger partial charge in [-0.1, -0.05) is 37.3 Å². The maximum atomic E-state index is 13.0. The Morgan fingerprint density at radius 2 is 1.86 bits per heavy atom. The first-order valence-corrected chi connectivity index (χ1v) is 9.79. The Morgan fingerprint density at radius 1 is 1.11 bits per heavy atom. The summed E-state index contributed by atoms with van der Waals surface area (Å²) >= 11 is 0. The van der Waals surface area contributed by atoms with Gasteiger partial charge >= 0.3 is 0 Å². The van der Waals surface area contributed by atoms with E-state index >= 15 is 0 Å². The number of nitrogen functional groups attached to an aromatic ring is 1. The molecule has 0 saturated heterocycles. The van der Waals surface area contributed by atoms with Crippen LogP contribution >= 0.6 is 0 Å². The van der Waals surface area contributed by atoms with E-state index in [0.29, 0.717) is 35.6 Å². The Balaban J connectivity index is 2.23. The molecule has 2 N–H and O–H groups in total. The number of hydrogen-bond donors (Lipinski definition) is 1. The minimum absolute atomic E-state index is 0.0475. The van der Waals surface area contributed by atoms with E-state index in [1.54, 1.807) is 6.07 Å². The first-order chi connectivity index (χ1) is 13.3. The summed E-state index contributed by atoms with van der Waals surface area (Å²) in [5.41, 5.74) is 9.71. The zero-order chi connectivity index (χ0) is 20.7. The van der Waals surface area contributed by atoms with Crippen LogP contribution in [-0.4, -0.2) is 24.6 Å². The van der Waals surface area contributed by atoms with Crippen LogP contribution in [0.25, 0.3) is 0 Å². The summed E-state index contributed by atoms with van der Waals surface area (Å²) < 4.78 is 12.1. The molecule has 0 aliphatic rings. The average molecular weight is 382 g/mol. The molecule has 2 unspecified atom stereocenters. The van der Waals surface area contributed by atoms with Gasteiger partial charge in [-0.2, -0.15) is 0 Å². The second-order valence-electron chi connectivity index (χ2n) is 7.09. The highest BCUT2D eigenvalue weighted by molar-refractivity contribution is 6.09. The molecule has 2 aromatic rings. The van der Waals surface area contributed by atoms with Crippen molar-refractivity contribution in [3.8, 4) is 5.75 Å². The maximum absolute atomic E-state index is 13.0. The van der Waals surface area contributed by atoms with Gasteiger partial charge < -0.3 is 15.2 Å². The summed E-state index contributed by atoms with van der Waals surface area (Å²) in [5, 5.41) is 0. The van der Waals surface area contributed by atoms with Gasteiger partial charge in [-0.15, -0.1) is 0 Å². The molecule has 2 aromatic carbocycles. The number of benzene rings is 2. The average Bonchev–Trinajstić information content (AvgIpc) is 2.67. The summed E-state index contributed by atoms with van der Waals surface area (Å²) in [6, 6.07) is 13.2. The predicted octanol–water partition coefficient (Wildman–Crippen LogP) is 5.28. The molecule has 150 valence electrons. The molecule has 0 radical (unpaired) electrons. The summed E-state index contributed by atoms with van der Waals surface area (Å²) in [7, 11) is 0. The number of nitrogens with two attached hydrogens (primary N) is 1. The molecule has 4 nitrogen and oxygen atoms in total. The standard InChI is InChI=1S/C24H31NO3/c1-6-22(27-7-2)23(28-20-10-8-9-19(25)15-20)14-18(5)24(26)21-13-16(3)11-12-17(21)4/h8-13,15,22-23H,5-7,14,25H2,1-4H3. The highest BCUT2D eigenvalue weighted by atomic mass is 16.5. The van der Waals surface area contributed by atoms with Crippen molar-refractivity contribution >= 4 is 11.5 Å². The molecule has 0 saturated carbocycles. The SMILES string of the molecule is C=C(CC(Oc1cccc(N)c1)C(CC)OCC)C(=O)c1cc(C)ccc1C. The molecule has 0 aromatic heterocycles. The number of Topliss-reactive ketones (excluding diaryl/α,β-unsaturated/α-hetero) is 1. The smallest absolute Gasteiger partial charge is 0.188 e. The molecule has 0 aliphatic carbocycles. The van der Waals surface area contributed by atoms with Crippen molar-refractivity contribution in [2.24, 2.45) is 0 Å². The monoisotopic (exact) mass is 381 g/mol. The first kappa shape index (κ1) is 21.7. The van der Waals surface area contributed by atoms with Crippen LogP contribution in [0.1, 0.15) is 48.2 Å². The Labute approximate surface area is 168 Å². The van der Waals surface area contributed by atoms with Crippen LogP contribution in [0.4, 0.5) is 5.69 Å². The number of aryl methyl sites for hydroxylation is 2. The second-order valence-corrected chi connectivity index (χ2v) is 7.09. The van der Waals surface area contributed by atoms with Gasteiger partial charge in [0.1, 0.15) is 11.9 Å². The van der Waals surface area contributed by atoms with Gasteiger partial charge in [-0.3, -0.25) is 4.79 Å². The third-order valence-corrected chi connectivity index (χ3v) is 4.75. The lowest BCUT2D eigenvalue weighted by Crippen LogP contribution is -2.35. The van der Waals surface area contributed by atoms with Gasteiger partial charge in [0.25, 0.3) is 0 Å². The fourth-order valence-corrected chi connectivity index (χ4v) is 3.22. The maximum Gasteiger partial charge on any atom is 0.188 e. The zero-order valence-electron chi connectivity index (χ0n) is 17.3. The summed E-state index contributed by atoms with van der Waals surface area (Å²) in [4.78, 5) is 13.0. The van der Waals surface area contributed by atoms with E-state index < -0.39 is 0 Å². The van der Waals surface area contributed by atoms with E-state index in [2.05, 4.69) is 6.58 Å². The topological polar surface area (TPSA) is 61.6 Å². The van der Waals surface area contributed by atoms with E-state index in [-0.39, 0.29) is 18.0 Å². The third kappa shape index (κ3) is 5.70. The van der Waals surface area contributed by atoms with Crippen LogP contribution in [0.2, 0.25) is 0 Å². The molecule has 0 spiro atoms. The van der Waals surface area contributed by atoms with Crippen LogP contribution in [0.15, 0.2) is 54.6 Å². The lowest BCUT2D eigenvalue weighted by Gasteiger charge is -2.28. The molecule has 0 aliphatic heterocycles. The fourth-order valence-electron chi connectivity index (χ4n) is 3.22. The predicted molar refractivity (Wildman–Crippen MR) is 115 cm³/mol. The molecule has 0 heterocycles. The van der Waals surface area contributed by atoms with Crippen LogP contribution in [0.3, 0.4) is 0 Å². The zero-order valence-corrected chi connectivity index (χ0v) is 17.3. The first-order valence-electron chi connectivity index (χ1n) is 9.79. The van der Waals surface area contributed by atoms with Crippen LogP contribution < -0.4 is 10.5 Å². The normalized spacial score (nSPS) is 13.0. The molecule has 0 bridgehead atoms. The number of ketones is 1. The summed E-state index contributed by atoms with van der Waals surface area (Å²) in [6.07, 6.45) is 0.688. The summed E-state index contributed by atoms with van der Waals surface area (Å²) in [6.45, 7) is 12.6. The second kappa shape index (κ2) is 10.1. The van der Waals surface area contributed by atoms with Crippen molar-refractivity contribution in [3.05, 3.63) is 71.3 Å². The van der Waals surface area contributed by atoms with Crippen molar-refractivity contribution in [2.75, 3.05) is 12.3 Å². The van der Waals surface area contributed by atoms with E-state index in [4.69, 9.17) is 15.2 Å². The van der Waals surface area contributed by atoms with E-state index in [1.165, 1.54) is 0 Å². The third-order valence-electron chi connectivity index (χ3n) is 4.75. The van der Waals surface area contributed by atoms with Crippen LogP contribution in [0, 0.1) is 13.8 Å². The molecule has 2 atom stereocenters. The van der Waals surface area contributed by atoms with E-state index in [1.807, 2.05) is 64.1 Å². The van der Waals surface area contributed by atoms with Crippen LogP contribution in [0.5, 0.6) is 5.75 Å². The highest BCUT2D eigenvalue weighted by Gasteiger charge is 2.26. The van der Waals surface area contributed by atoms with Gasteiger partial charge in [-0.05, 0) is 56.5 Å². The van der Waals surface area contributed by atoms with Crippen molar-refractivity contribution in [1.82, 2.24) is 0 Å². The molecule has 28 heavy (non-hydrogen) atoms. The van der Waals surface area contributed by atoms with Crippen molar-refractivity contribution < 1.29 is 14.3 Å². The van der Waals surface area contributed by atoms with Gasteiger partial charge in [0.15, 0.2) is 5.78 Å². The molecule has 2 rings (SSSR count). The number of anilines is 1. The minimum Gasteiger partial charge on any atom is -0.487 e. The lowest BCUT2D eigenvalue weighted by atomic mass is 9.93. The number of rotatable bonds is 10. The Bertz CT molecular complexity index is 828. The molecule has 0 amide bonds. The number of carbonyl (C=O) groups excluding carboxylic acids is 1. The van der Waals surface area contributed by atoms with Gasteiger partial charge in [0.05, 0.1) is 6.10 Å². The lowest BCUT2D eigenvalue weighted by molar-refractivity contribution is -0.0218. The molecular weight excluding hydrogens is 350 g/mol. The Morgan fingerprint density at radius 3 is 2.50 bits per heavy atom. The van der Waals surface area contributed by atoms with E-state index in [9.17, 15) is 4.79 Å². The van der Waals surface area contributed by atoms with E-state index in [0.717, 1.165) is 17.5 Å². The Kier molecular flexibility index (Phi) is 7.82. The van der Waals surface area contributed by atoms with Crippen molar-refractivity contribution in [3.63, 3.8) is 0 Å². The number of ether oxygens (including phenoxy) is 2. The molecule has 4 heteroatoms. The quantitative estimate of drug-likeness (QED) is 0.346. The van der Waals surface area contributed by atoms with Crippen molar-refractivity contribution in [2.45, 2.75) is 52.7 Å². The van der Waals surface area contributed by atoms with Gasteiger partial charge in [-0.25, -0.2) is 0 Å². The van der Waals surface area contributed by atoms with Gasteiger partial charge in [0.2, 0.25) is 0 Å².